The van der Waals surface area contributed by atoms with Gasteiger partial charge in [-0.25, -0.2) is 0 Å². The molecule has 0 amide bonds. The van der Waals surface area contributed by atoms with Crippen LogP contribution in [0.5, 0.6) is 0 Å². The molecule has 0 radical (unpaired) electrons. The Morgan fingerprint density at radius 1 is 1.14 bits per heavy atom. The first-order valence-electron chi connectivity index (χ1n) is 5.82. The highest BCUT2D eigenvalue weighted by Crippen LogP contribution is 2.16. The molecule has 0 rings (SSSR count). The average molecular weight is 220 g/mol. The standard InChI is InChI=1S/C11H25O2P/c1-3-4-5-6-8-11(2)9-7-10-13-14-12/h11-12,14H,3-10H2,1-2H3. The third-order valence-corrected chi connectivity index (χ3v) is 2.89. The summed E-state index contributed by atoms with van der Waals surface area (Å²) in [6, 6.07) is 0. The van der Waals surface area contributed by atoms with Gasteiger partial charge in [-0.3, -0.25) is 0 Å². The number of unbranched alkanes of at least 4 members (excludes halogenated alkanes) is 3. The van der Waals surface area contributed by atoms with E-state index < -0.39 is 0 Å². The minimum Gasteiger partial charge on any atom is -0.352 e. The zero-order valence-electron chi connectivity index (χ0n) is 9.59. The smallest absolute Gasteiger partial charge is 0.152 e. The van der Waals surface area contributed by atoms with Crippen molar-refractivity contribution in [1.29, 1.82) is 0 Å². The first kappa shape index (κ1) is 14.3. The molecule has 0 aliphatic carbocycles. The van der Waals surface area contributed by atoms with Crippen molar-refractivity contribution in [1.82, 2.24) is 0 Å². The second-order valence-corrected chi connectivity index (χ2v) is 4.51. The molecule has 0 fully saturated rings. The van der Waals surface area contributed by atoms with Gasteiger partial charge in [0.05, 0.1) is 6.61 Å². The highest BCUT2D eigenvalue weighted by atomic mass is 31.1. The van der Waals surface area contributed by atoms with E-state index >= 15 is 0 Å². The van der Waals surface area contributed by atoms with Gasteiger partial charge in [-0.2, -0.15) is 0 Å². The maximum atomic E-state index is 8.44. The van der Waals surface area contributed by atoms with Crippen LogP contribution in [0.25, 0.3) is 0 Å². The van der Waals surface area contributed by atoms with Crippen LogP contribution in [0.3, 0.4) is 0 Å². The lowest BCUT2D eigenvalue weighted by molar-refractivity contribution is 0.299. The molecule has 86 valence electrons. The maximum Gasteiger partial charge on any atom is 0.152 e. The van der Waals surface area contributed by atoms with Crippen LogP contribution in [0.4, 0.5) is 0 Å². The van der Waals surface area contributed by atoms with E-state index in [9.17, 15) is 0 Å². The predicted molar refractivity (Wildman–Crippen MR) is 63.6 cm³/mol. The monoisotopic (exact) mass is 220 g/mol. The third-order valence-electron chi connectivity index (χ3n) is 2.56. The molecule has 2 unspecified atom stereocenters. The van der Waals surface area contributed by atoms with Crippen LogP contribution in [-0.4, -0.2) is 11.5 Å². The van der Waals surface area contributed by atoms with Crippen LogP contribution in [0.1, 0.15) is 58.8 Å². The predicted octanol–water partition coefficient (Wildman–Crippen LogP) is 3.89. The topological polar surface area (TPSA) is 29.5 Å². The molecule has 0 heterocycles. The Hall–Kier alpha value is 0.350. The fourth-order valence-corrected chi connectivity index (χ4v) is 1.85. The molecule has 0 spiro atoms. The first-order valence-corrected chi connectivity index (χ1v) is 6.67. The Kier molecular flexibility index (Phi) is 11.7. The van der Waals surface area contributed by atoms with E-state index in [1.54, 1.807) is 0 Å². The second-order valence-electron chi connectivity index (χ2n) is 4.04. The summed E-state index contributed by atoms with van der Waals surface area (Å²) < 4.78 is 4.91. The van der Waals surface area contributed by atoms with Crippen LogP contribution in [0.2, 0.25) is 0 Å². The van der Waals surface area contributed by atoms with Gasteiger partial charge in [0.25, 0.3) is 0 Å². The van der Waals surface area contributed by atoms with Gasteiger partial charge in [-0.05, 0) is 18.8 Å². The van der Waals surface area contributed by atoms with Crippen molar-refractivity contribution >= 4 is 9.03 Å². The molecule has 3 heteroatoms. The van der Waals surface area contributed by atoms with E-state index in [1.807, 2.05) is 0 Å². The molecule has 0 saturated carbocycles. The third kappa shape index (κ3) is 10.4. The van der Waals surface area contributed by atoms with Crippen molar-refractivity contribution in [2.75, 3.05) is 6.61 Å². The van der Waals surface area contributed by atoms with E-state index in [0.29, 0.717) is 6.61 Å². The minimum absolute atomic E-state index is 0.338. The van der Waals surface area contributed by atoms with Gasteiger partial charge in [0.1, 0.15) is 0 Å². The number of rotatable bonds is 10. The summed E-state index contributed by atoms with van der Waals surface area (Å²) in [4.78, 5) is 8.44. The molecule has 2 nitrogen and oxygen atoms in total. The van der Waals surface area contributed by atoms with Crippen molar-refractivity contribution in [3.05, 3.63) is 0 Å². The van der Waals surface area contributed by atoms with Crippen LogP contribution >= 0.6 is 9.03 Å². The Morgan fingerprint density at radius 2 is 1.86 bits per heavy atom. The van der Waals surface area contributed by atoms with Gasteiger partial charge in [-0.1, -0.05) is 46.0 Å². The van der Waals surface area contributed by atoms with Gasteiger partial charge < -0.3 is 9.42 Å². The molecule has 0 bridgehead atoms. The van der Waals surface area contributed by atoms with Crippen molar-refractivity contribution in [2.24, 2.45) is 5.92 Å². The van der Waals surface area contributed by atoms with Gasteiger partial charge in [-0.15, -0.1) is 0 Å². The number of hydrogen-bond donors (Lipinski definition) is 1. The highest BCUT2D eigenvalue weighted by Gasteiger charge is 2.01. The Morgan fingerprint density at radius 3 is 2.50 bits per heavy atom. The maximum absolute atomic E-state index is 8.44. The summed E-state index contributed by atoms with van der Waals surface area (Å²) in [6.45, 7) is 5.28. The molecule has 14 heavy (non-hydrogen) atoms. The van der Waals surface area contributed by atoms with Gasteiger partial charge in [0, 0.05) is 0 Å². The molecule has 0 aliphatic heterocycles. The molecule has 0 aromatic heterocycles. The summed E-state index contributed by atoms with van der Waals surface area (Å²) in [7, 11) is -0.338. The summed E-state index contributed by atoms with van der Waals surface area (Å²) in [5, 5.41) is 0. The summed E-state index contributed by atoms with van der Waals surface area (Å²) in [5.41, 5.74) is 0. The van der Waals surface area contributed by atoms with E-state index in [2.05, 4.69) is 13.8 Å². The van der Waals surface area contributed by atoms with Crippen molar-refractivity contribution in [3.63, 3.8) is 0 Å². The largest absolute Gasteiger partial charge is 0.352 e. The number of hydrogen-bond acceptors (Lipinski definition) is 2. The molecule has 1 N–H and O–H groups in total. The lowest BCUT2D eigenvalue weighted by Gasteiger charge is -2.10. The lowest BCUT2D eigenvalue weighted by Crippen LogP contribution is -1.97. The van der Waals surface area contributed by atoms with Gasteiger partial charge >= 0.3 is 0 Å². The molecule has 0 aliphatic rings. The molecule has 2 atom stereocenters. The second kappa shape index (κ2) is 11.4. The Balaban J connectivity index is 3.07. The zero-order chi connectivity index (χ0) is 10.6. The minimum atomic E-state index is -0.338. The summed E-state index contributed by atoms with van der Waals surface area (Å²) in [5.74, 6) is 0.817. The van der Waals surface area contributed by atoms with Gasteiger partial charge in [0.15, 0.2) is 9.03 Å². The Labute approximate surface area is 90.4 Å². The fraction of sp³-hybridized carbons (Fsp3) is 1.00. The van der Waals surface area contributed by atoms with Crippen molar-refractivity contribution in [2.45, 2.75) is 58.8 Å². The molecule has 0 aromatic carbocycles. The Bertz CT molecular complexity index is 97.5. The van der Waals surface area contributed by atoms with Crippen LogP contribution in [-0.2, 0) is 4.52 Å². The van der Waals surface area contributed by atoms with Crippen LogP contribution < -0.4 is 0 Å². The first-order chi connectivity index (χ1) is 6.81. The molecular weight excluding hydrogens is 195 g/mol. The van der Waals surface area contributed by atoms with Crippen molar-refractivity contribution in [3.8, 4) is 0 Å². The normalized spacial score (nSPS) is 13.9. The lowest BCUT2D eigenvalue weighted by atomic mass is 9.98. The van der Waals surface area contributed by atoms with Crippen LogP contribution in [0, 0.1) is 5.92 Å². The highest BCUT2D eigenvalue weighted by molar-refractivity contribution is 7.24. The van der Waals surface area contributed by atoms with Gasteiger partial charge in [0.2, 0.25) is 0 Å². The van der Waals surface area contributed by atoms with E-state index in [4.69, 9.17) is 9.42 Å². The zero-order valence-corrected chi connectivity index (χ0v) is 10.6. The molecular formula is C11H25O2P. The molecule has 0 aromatic rings. The summed E-state index contributed by atoms with van der Waals surface area (Å²) in [6.07, 6.45) is 9.12. The van der Waals surface area contributed by atoms with Crippen molar-refractivity contribution < 1.29 is 9.42 Å². The van der Waals surface area contributed by atoms with E-state index in [-0.39, 0.29) is 9.03 Å². The summed E-state index contributed by atoms with van der Waals surface area (Å²) >= 11 is 0. The van der Waals surface area contributed by atoms with E-state index in [1.165, 1.54) is 38.5 Å². The fourth-order valence-electron chi connectivity index (χ4n) is 1.61. The quantitative estimate of drug-likeness (QED) is 0.447. The average Bonchev–Trinajstić information content (AvgIpc) is 2.19. The molecule has 0 saturated heterocycles. The van der Waals surface area contributed by atoms with E-state index in [0.717, 1.165) is 12.3 Å². The van der Waals surface area contributed by atoms with Crippen LogP contribution in [0.15, 0.2) is 0 Å². The SMILES string of the molecule is CCCCCCC(C)CCCOPO.